The maximum absolute atomic E-state index is 4.79. The highest BCUT2D eigenvalue weighted by Gasteiger charge is 2.14. The highest BCUT2D eigenvalue weighted by molar-refractivity contribution is 7.80. The second-order valence-corrected chi connectivity index (χ2v) is 7.51. The van der Waals surface area contributed by atoms with Crippen LogP contribution in [0.1, 0.15) is 0 Å². The van der Waals surface area contributed by atoms with Crippen molar-refractivity contribution in [2.24, 2.45) is 11.6 Å². The summed E-state index contributed by atoms with van der Waals surface area (Å²) in [4.78, 5) is 0. The van der Waals surface area contributed by atoms with Crippen molar-refractivity contribution in [1.82, 2.24) is 5.43 Å². The summed E-state index contributed by atoms with van der Waals surface area (Å²) in [7, 11) is -0.446. The normalized spacial score (nSPS) is 9.75. The van der Waals surface area contributed by atoms with E-state index >= 15 is 0 Å². The van der Waals surface area contributed by atoms with E-state index in [1.165, 1.54) is 15.9 Å². The molecule has 0 saturated carbocycles. The molecular weight excluding hydrogens is 333 g/mol. The maximum atomic E-state index is 4.79. The molecule has 0 radical (unpaired) electrons. The number of hydrogen-bond donors (Lipinski definition) is 3. The monoisotopic (exact) mass is 353 g/mol. The van der Waals surface area contributed by atoms with Crippen molar-refractivity contribution in [3.63, 3.8) is 0 Å². The lowest BCUT2D eigenvalue weighted by Gasteiger charge is -2.18. The predicted molar refractivity (Wildman–Crippen MR) is 109 cm³/mol. The second-order valence-electron chi connectivity index (χ2n) is 4.85. The minimum absolute atomic E-state index is 0.116. The van der Waals surface area contributed by atoms with Gasteiger partial charge in [-0.2, -0.15) is 0 Å². The zero-order valence-corrected chi connectivity index (χ0v) is 14.9. The van der Waals surface area contributed by atoms with E-state index in [1.54, 1.807) is 0 Å². The number of hydrogen-bond acceptors (Lipinski definition) is 2. The van der Waals surface area contributed by atoms with Crippen LogP contribution in [0.3, 0.4) is 0 Å². The molecule has 3 aromatic carbocycles. The van der Waals surface area contributed by atoms with Gasteiger partial charge >= 0.3 is 0 Å². The number of hydrazine groups is 1. The van der Waals surface area contributed by atoms with E-state index in [-0.39, 0.29) is 5.11 Å². The van der Waals surface area contributed by atoms with Crippen LogP contribution in [0.15, 0.2) is 91.0 Å². The van der Waals surface area contributed by atoms with Gasteiger partial charge in [-0.05, 0) is 36.1 Å². The van der Waals surface area contributed by atoms with Gasteiger partial charge in [-0.25, -0.2) is 5.84 Å². The molecule has 122 valence electrons. The smallest absolute Gasteiger partial charge is 0.177 e. The van der Waals surface area contributed by atoms with Gasteiger partial charge in [0.05, 0.1) is 0 Å². The lowest BCUT2D eigenvalue weighted by atomic mass is 10.4. The Morgan fingerprint density at radius 3 is 1.12 bits per heavy atom. The highest BCUT2D eigenvalue weighted by Crippen LogP contribution is 2.32. The largest absolute Gasteiger partial charge is 0.375 e. The van der Waals surface area contributed by atoms with Crippen LogP contribution in [0.4, 0.5) is 0 Å². The number of rotatable bonds is 3. The molecule has 0 fully saturated rings. The van der Waals surface area contributed by atoms with Crippen LogP contribution in [-0.2, 0) is 0 Å². The first kappa shape index (κ1) is 18.1. The zero-order valence-electron chi connectivity index (χ0n) is 13.2. The number of thiocarbonyl (C=S) groups is 1. The molecule has 0 aliphatic carbocycles. The molecule has 0 spiro atoms. The molecule has 0 aliphatic heterocycles. The fourth-order valence-electron chi connectivity index (χ4n) is 2.18. The van der Waals surface area contributed by atoms with E-state index in [2.05, 4.69) is 109 Å². The van der Waals surface area contributed by atoms with Crippen LogP contribution in [-0.4, -0.2) is 5.11 Å². The summed E-state index contributed by atoms with van der Waals surface area (Å²) in [5.41, 5.74) is 6.82. The Hall–Kier alpha value is -2.26. The van der Waals surface area contributed by atoms with Crippen molar-refractivity contribution < 1.29 is 0 Å². The quantitative estimate of drug-likeness (QED) is 0.292. The average molecular weight is 353 g/mol. The van der Waals surface area contributed by atoms with Gasteiger partial charge in [0.25, 0.3) is 0 Å². The van der Waals surface area contributed by atoms with Crippen LogP contribution in [0.25, 0.3) is 0 Å². The molecule has 0 aliphatic rings. The van der Waals surface area contributed by atoms with Gasteiger partial charge in [0.2, 0.25) is 0 Å². The lowest BCUT2D eigenvalue weighted by Crippen LogP contribution is -2.34. The van der Waals surface area contributed by atoms with E-state index in [1.807, 2.05) is 5.43 Å². The van der Waals surface area contributed by atoms with Crippen LogP contribution >= 0.6 is 20.1 Å². The van der Waals surface area contributed by atoms with E-state index < -0.39 is 7.92 Å². The van der Waals surface area contributed by atoms with Crippen LogP contribution in [0.2, 0.25) is 0 Å². The molecule has 0 unspecified atom stereocenters. The average Bonchev–Trinajstić information content (AvgIpc) is 2.65. The summed E-state index contributed by atoms with van der Waals surface area (Å²) in [5.74, 6) is 4.66. The van der Waals surface area contributed by atoms with E-state index in [0.717, 1.165) is 0 Å². The number of benzene rings is 3. The fourth-order valence-corrected chi connectivity index (χ4v) is 4.48. The van der Waals surface area contributed by atoms with Gasteiger partial charge in [0.1, 0.15) is 0 Å². The minimum Gasteiger partial charge on any atom is -0.375 e. The summed E-state index contributed by atoms with van der Waals surface area (Å²) >= 11 is 4.24. The molecule has 0 atom stereocenters. The van der Waals surface area contributed by atoms with Gasteiger partial charge in [-0.1, -0.05) is 91.0 Å². The third kappa shape index (κ3) is 5.43. The van der Waals surface area contributed by atoms with Gasteiger partial charge in [-0.15, -0.1) is 0 Å². The Kier molecular flexibility index (Phi) is 7.37. The Labute approximate surface area is 149 Å². The first-order valence-electron chi connectivity index (χ1n) is 7.43. The Balaban J connectivity index is 0.000000368. The minimum atomic E-state index is -0.446. The SMILES string of the molecule is NNC(N)=S.c1ccc(P(c2ccccc2)c2ccccc2)cc1. The van der Waals surface area contributed by atoms with Crippen molar-refractivity contribution in [2.75, 3.05) is 0 Å². The molecule has 0 bridgehead atoms. The molecule has 3 rings (SSSR count). The molecule has 3 aromatic rings. The Morgan fingerprint density at radius 1 is 0.667 bits per heavy atom. The molecule has 0 amide bonds. The van der Waals surface area contributed by atoms with Gasteiger partial charge in [0.15, 0.2) is 5.11 Å². The second kappa shape index (κ2) is 9.78. The van der Waals surface area contributed by atoms with E-state index in [0.29, 0.717) is 0 Å². The maximum Gasteiger partial charge on any atom is 0.177 e. The summed E-state index contributed by atoms with van der Waals surface area (Å²) < 4.78 is 0. The standard InChI is InChI=1S/C18H15P.CH5N3S/c1-4-10-16(11-5-1)19(17-12-6-2-7-13-17)18-14-8-3-9-15-18;2-1(5)4-3/h1-15H;3H2,(H3,2,4,5). The molecule has 3 nitrogen and oxygen atoms in total. The first-order chi connectivity index (χ1) is 11.7. The van der Waals surface area contributed by atoms with Gasteiger partial charge < -0.3 is 11.2 Å². The van der Waals surface area contributed by atoms with E-state index in [4.69, 9.17) is 5.73 Å². The molecule has 24 heavy (non-hydrogen) atoms. The first-order valence-corrected chi connectivity index (χ1v) is 9.18. The van der Waals surface area contributed by atoms with Crippen molar-refractivity contribution in [3.8, 4) is 0 Å². The van der Waals surface area contributed by atoms with Crippen molar-refractivity contribution in [2.45, 2.75) is 0 Å². The van der Waals surface area contributed by atoms with Gasteiger partial charge in [0, 0.05) is 0 Å². The topological polar surface area (TPSA) is 64.1 Å². The molecule has 0 heterocycles. The van der Waals surface area contributed by atoms with Crippen molar-refractivity contribution >= 4 is 41.2 Å². The number of nitrogens with one attached hydrogen (secondary N) is 1. The van der Waals surface area contributed by atoms with Crippen LogP contribution in [0, 0.1) is 0 Å². The zero-order chi connectivity index (χ0) is 17.2. The molecule has 5 N–H and O–H groups in total. The van der Waals surface area contributed by atoms with Crippen LogP contribution in [0.5, 0.6) is 0 Å². The summed E-state index contributed by atoms with van der Waals surface area (Å²) in [5, 5.41) is 4.31. The molecule has 5 heteroatoms. The third-order valence-corrected chi connectivity index (χ3v) is 5.75. The van der Waals surface area contributed by atoms with Crippen molar-refractivity contribution in [3.05, 3.63) is 91.0 Å². The summed E-state index contributed by atoms with van der Waals surface area (Å²) in [6.07, 6.45) is 0. The molecular formula is C19H20N3PS. The van der Waals surface area contributed by atoms with Gasteiger partial charge in [-0.3, -0.25) is 0 Å². The lowest BCUT2D eigenvalue weighted by molar-refractivity contribution is 1.03. The fraction of sp³-hybridized carbons (Fsp3) is 0. The predicted octanol–water partition coefficient (Wildman–Crippen LogP) is 2.14. The molecule has 0 aromatic heterocycles. The highest BCUT2D eigenvalue weighted by atomic mass is 32.1. The number of nitrogens with two attached hydrogens (primary N) is 2. The Morgan fingerprint density at radius 2 is 0.917 bits per heavy atom. The third-order valence-electron chi connectivity index (χ3n) is 3.19. The van der Waals surface area contributed by atoms with Crippen molar-refractivity contribution in [1.29, 1.82) is 0 Å². The van der Waals surface area contributed by atoms with Crippen LogP contribution < -0.4 is 32.9 Å². The Bertz CT molecular complexity index is 642. The van der Waals surface area contributed by atoms with E-state index in [9.17, 15) is 0 Å². The summed E-state index contributed by atoms with van der Waals surface area (Å²) in [6, 6.07) is 32.3. The molecule has 0 saturated heterocycles. The summed E-state index contributed by atoms with van der Waals surface area (Å²) in [6.45, 7) is 0.